The van der Waals surface area contributed by atoms with Crippen LogP contribution in [0.5, 0.6) is 6.01 Å². The molecule has 1 aliphatic heterocycles. The van der Waals surface area contributed by atoms with Gasteiger partial charge in [0, 0.05) is 25.9 Å². The van der Waals surface area contributed by atoms with Crippen LogP contribution in [-0.4, -0.2) is 45.8 Å². The zero-order valence-corrected chi connectivity index (χ0v) is 13.3. The van der Waals surface area contributed by atoms with Crippen molar-refractivity contribution in [2.24, 2.45) is 0 Å². The maximum absolute atomic E-state index is 11.9. The highest BCUT2D eigenvalue weighted by Crippen LogP contribution is 2.18. The maximum atomic E-state index is 11.9. The molecule has 0 N–H and O–H groups in total. The third-order valence-corrected chi connectivity index (χ3v) is 3.16. The summed E-state index contributed by atoms with van der Waals surface area (Å²) in [5, 5.41) is 0.474. The van der Waals surface area contributed by atoms with E-state index in [0.717, 1.165) is 12.8 Å². The molecular formula is C14H20ClN3O3. The fraction of sp³-hybridized carbons (Fsp3) is 0.643. The highest BCUT2D eigenvalue weighted by Gasteiger charge is 2.27. The molecule has 116 valence electrons. The van der Waals surface area contributed by atoms with Gasteiger partial charge in [-0.25, -0.2) is 14.8 Å². The number of carbonyl (C=O) groups is 1. The van der Waals surface area contributed by atoms with Crippen LogP contribution in [0.4, 0.5) is 4.79 Å². The number of piperidine rings is 1. The summed E-state index contributed by atoms with van der Waals surface area (Å²) in [6, 6.07) is 0.315. The normalized spacial score (nSPS) is 16.7. The minimum absolute atomic E-state index is 0.00450. The van der Waals surface area contributed by atoms with E-state index in [0.29, 0.717) is 24.1 Å². The predicted octanol–water partition coefficient (Wildman–Crippen LogP) is 2.91. The molecule has 1 saturated heterocycles. The molecule has 0 atom stereocenters. The van der Waals surface area contributed by atoms with Gasteiger partial charge in [-0.1, -0.05) is 11.6 Å². The van der Waals surface area contributed by atoms with Gasteiger partial charge in [0.05, 0.1) is 17.4 Å². The van der Waals surface area contributed by atoms with Crippen LogP contribution in [0.3, 0.4) is 0 Å². The minimum Gasteiger partial charge on any atom is -0.460 e. The summed E-state index contributed by atoms with van der Waals surface area (Å²) >= 11 is 5.72. The second-order valence-electron chi connectivity index (χ2n) is 5.97. The van der Waals surface area contributed by atoms with Crippen molar-refractivity contribution in [3.8, 4) is 6.01 Å². The fourth-order valence-corrected chi connectivity index (χ4v) is 2.09. The molecule has 0 radical (unpaired) electrons. The highest BCUT2D eigenvalue weighted by molar-refractivity contribution is 6.30. The lowest BCUT2D eigenvalue weighted by Gasteiger charge is -2.33. The zero-order chi connectivity index (χ0) is 15.5. The Morgan fingerprint density at radius 1 is 1.29 bits per heavy atom. The van der Waals surface area contributed by atoms with Gasteiger partial charge in [-0.3, -0.25) is 0 Å². The van der Waals surface area contributed by atoms with Crippen LogP contribution >= 0.6 is 11.6 Å². The Morgan fingerprint density at radius 3 is 2.38 bits per heavy atom. The average Bonchev–Trinajstić information content (AvgIpc) is 2.40. The van der Waals surface area contributed by atoms with Crippen molar-refractivity contribution in [3.63, 3.8) is 0 Å². The maximum Gasteiger partial charge on any atom is 0.410 e. The second kappa shape index (κ2) is 6.47. The molecule has 0 saturated carbocycles. The Labute approximate surface area is 129 Å². The lowest BCUT2D eigenvalue weighted by molar-refractivity contribution is 0.0119. The van der Waals surface area contributed by atoms with Crippen molar-refractivity contribution >= 4 is 17.7 Å². The van der Waals surface area contributed by atoms with Crippen LogP contribution in [-0.2, 0) is 4.74 Å². The Morgan fingerprint density at radius 2 is 1.86 bits per heavy atom. The molecule has 1 fully saturated rings. The number of ether oxygens (including phenoxy) is 2. The first-order chi connectivity index (χ1) is 9.83. The number of aromatic nitrogens is 2. The van der Waals surface area contributed by atoms with Gasteiger partial charge >= 0.3 is 12.1 Å². The van der Waals surface area contributed by atoms with E-state index in [9.17, 15) is 4.79 Å². The Hall–Kier alpha value is -1.56. The number of hydrogen-bond donors (Lipinski definition) is 0. The molecule has 2 heterocycles. The topological polar surface area (TPSA) is 64.5 Å². The summed E-state index contributed by atoms with van der Waals surface area (Å²) < 4.78 is 11.0. The highest BCUT2D eigenvalue weighted by atomic mass is 35.5. The first-order valence-electron chi connectivity index (χ1n) is 6.95. The van der Waals surface area contributed by atoms with Crippen molar-refractivity contribution in [2.75, 3.05) is 13.1 Å². The number of carbonyl (C=O) groups excluding carboxylic acids is 1. The number of halogens is 1. The summed E-state index contributed by atoms with van der Waals surface area (Å²) in [5.41, 5.74) is -0.471. The van der Waals surface area contributed by atoms with Crippen LogP contribution in [0.2, 0.25) is 5.02 Å². The molecule has 0 spiro atoms. The fourth-order valence-electron chi connectivity index (χ4n) is 1.99. The molecule has 0 unspecified atom stereocenters. The van der Waals surface area contributed by atoms with Gasteiger partial charge in [-0.15, -0.1) is 0 Å². The number of nitrogens with zero attached hydrogens (tertiary/aromatic N) is 3. The predicted molar refractivity (Wildman–Crippen MR) is 78.5 cm³/mol. The molecule has 2 rings (SSSR count). The lowest BCUT2D eigenvalue weighted by atomic mass is 10.1. The van der Waals surface area contributed by atoms with Gasteiger partial charge in [0.1, 0.15) is 11.7 Å². The van der Waals surface area contributed by atoms with Crippen LogP contribution in [0.15, 0.2) is 12.4 Å². The first-order valence-corrected chi connectivity index (χ1v) is 7.33. The van der Waals surface area contributed by atoms with E-state index >= 15 is 0 Å². The molecular weight excluding hydrogens is 294 g/mol. The average molecular weight is 314 g/mol. The van der Waals surface area contributed by atoms with Crippen molar-refractivity contribution < 1.29 is 14.3 Å². The van der Waals surface area contributed by atoms with Gasteiger partial charge in [0.15, 0.2) is 0 Å². The molecule has 21 heavy (non-hydrogen) atoms. The van der Waals surface area contributed by atoms with Gasteiger partial charge < -0.3 is 14.4 Å². The quantitative estimate of drug-likeness (QED) is 0.840. The zero-order valence-electron chi connectivity index (χ0n) is 12.5. The van der Waals surface area contributed by atoms with E-state index in [1.54, 1.807) is 4.90 Å². The molecule has 1 aromatic heterocycles. The number of rotatable bonds is 2. The van der Waals surface area contributed by atoms with E-state index < -0.39 is 5.60 Å². The molecule has 0 aliphatic carbocycles. The minimum atomic E-state index is -0.471. The third kappa shape index (κ3) is 5.04. The van der Waals surface area contributed by atoms with Crippen LogP contribution in [0.1, 0.15) is 33.6 Å². The molecule has 1 aromatic rings. The summed E-state index contributed by atoms with van der Waals surface area (Å²) in [6.07, 6.45) is 4.18. The molecule has 7 heteroatoms. The molecule has 0 bridgehead atoms. The van der Waals surface area contributed by atoms with Gasteiger partial charge in [-0.05, 0) is 20.8 Å². The molecule has 0 aromatic carbocycles. The van der Waals surface area contributed by atoms with Gasteiger partial charge in [0.25, 0.3) is 0 Å². The largest absolute Gasteiger partial charge is 0.460 e. The monoisotopic (exact) mass is 313 g/mol. The van der Waals surface area contributed by atoms with E-state index in [1.807, 2.05) is 20.8 Å². The Kier molecular flexibility index (Phi) is 4.88. The van der Waals surface area contributed by atoms with E-state index in [1.165, 1.54) is 12.4 Å². The number of hydrogen-bond acceptors (Lipinski definition) is 5. The van der Waals surface area contributed by atoms with Gasteiger partial charge in [0.2, 0.25) is 0 Å². The standard InChI is InChI=1S/C14H20ClN3O3/c1-14(2,3)21-13(19)18-6-4-11(5-7-18)20-12-16-8-10(15)9-17-12/h8-9,11H,4-7H2,1-3H3. The van der Waals surface area contributed by atoms with Crippen molar-refractivity contribution in [3.05, 3.63) is 17.4 Å². The van der Waals surface area contributed by atoms with Crippen molar-refractivity contribution in [1.82, 2.24) is 14.9 Å². The molecule has 6 nitrogen and oxygen atoms in total. The Bertz CT molecular complexity index is 479. The first kappa shape index (κ1) is 15.8. The van der Waals surface area contributed by atoms with Crippen LogP contribution < -0.4 is 4.74 Å². The summed E-state index contributed by atoms with van der Waals surface area (Å²) in [6.45, 7) is 6.79. The smallest absolute Gasteiger partial charge is 0.410 e. The van der Waals surface area contributed by atoms with Crippen molar-refractivity contribution in [1.29, 1.82) is 0 Å². The SMILES string of the molecule is CC(C)(C)OC(=O)N1CCC(Oc2ncc(Cl)cn2)CC1. The number of amides is 1. The van der Waals surface area contributed by atoms with E-state index in [4.69, 9.17) is 21.1 Å². The summed E-state index contributed by atoms with van der Waals surface area (Å²) in [7, 11) is 0. The number of likely N-dealkylation sites (tertiary alicyclic amines) is 1. The summed E-state index contributed by atoms with van der Waals surface area (Å²) in [4.78, 5) is 21.7. The van der Waals surface area contributed by atoms with E-state index in [2.05, 4.69) is 9.97 Å². The second-order valence-corrected chi connectivity index (χ2v) is 6.40. The molecule has 1 amide bonds. The molecule has 1 aliphatic rings. The van der Waals surface area contributed by atoms with E-state index in [-0.39, 0.29) is 12.2 Å². The third-order valence-electron chi connectivity index (χ3n) is 2.96. The van der Waals surface area contributed by atoms with Gasteiger partial charge in [-0.2, -0.15) is 0 Å². The Balaban J connectivity index is 1.80. The lowest BCUT2D eigenvalue weighted by Crippen LogP contribution is -2.44. The van der Waals surface area contributed by atoms with Crippen molar-refractivity contribution in [2.45, 2.75) is 45.3 Å². The summed E-state index contributed by atoms with van der Waals surface area (Å²) in [5.74, 6) is 0. The van der Waals surface area contributed by atoms with Crippen LogP contribution in [0, 0.1) is 0 Å². The van der Waals surface area contributed by atoms with Crippen LogP contribution in [0.25, 0.3) is 0 Å².